The molecule has 0 aromatic heterocycles. The van der Waals surface area contributed by atoms with Crippen molar-refractivity contribution >= 4 is 67.7 Å². The maximum atomic E-state index is 14.8. The van der Waals surface area contributed by atoms with E-state index in [0.29, 0.717) is 32.1 Å². The Labute approximate surface area is 654 Å². The van der Waals surface area contributed by atoms with E-state index in [1.165, 1.54) is 39.7 Å². The van der Waals surface area contributed by atoms with Gasteiger partial charge in [-0.2, -0.15) is 0 Å². The molecule has 4 aromatic carbocycles. The standard InChI is InChI=1S/C42H56N4O8S.C33H44N2O6.C9H14N2O3S/c1-8-29-23-42(29,37(49)45-55(51,52)31-20-21-31)44-35(47)33-24-41(53-7)25-46(33)36(48)34(39(2,3)4)43-38(50)54-26-40(5,6)22-12-11-14-27-13-9-10-15-32(27)28-16-18-30(41)19-17-28;1-31(2,3)27-28(36)35-20-33(40-6,19-26(35)29(37)38)24-16-14-23(15-17-24)25-13-8-7-11-22(25)12-9-10-18-32(4,5)21-41-30(39)34-27;1-2-6-5-9(6,10)8(12)11-15(13,14)7-3-4-7/h8-10,13,15-19,29,31,33-34H,1,11-12,14,20-26H2,2-7H3,(H,43,50)(H,44,47)(H,45,49);7-8,11,13-17,26-27H,9-10,12,18-21H2,1-6H3,(H,34,39)(H,37,38);2,6-7H,1,3-5,10H2,(H,11,12)/t29-,33+,34-,41+,42-;26-,27+,33-;6-,9-/m101/s1. The summed E-state index contributed by atoms with van der Waals surface area (Å²) in [4.78, 5) is 110. The highest BCUT2D eigenvalue weighted by atomic mass is 32.2. The number of hydrogen-bond acceptors (Lipinski definition) is 17. The zero-order valence-corrected chi connectivity index (χ0v) is 68.0. The zero-order valence-electron chi connectivity index (χ0n) is 66.3. The number of sulfonamides is 2. The largest absolute Gasteiger partial charge is 0.480 e. The highest BCUT2D eigenvalue weighted by molar-refractivity contribution is 7.91. The molecule has 604 valence electrons. The summed E-state index contributed by atoms with van der Waals surface area (Å²) in [6, 6.07) is 28.4. The Balaban J connectivity index is 0.000000204. The number of benzene rings is 4. The molecule has 10 atom stereocenters. The quantitative estimate of drug-likeness (QED) is 0.0612. The molecule has 6 heterocycles. The predicted molar refractivity (Wildman–Crippen MR) is 422 cm³/mol. The Hall–Kier alpha value is -8.50. The van der Waals surface area contributed by atoms with Gasteiger partial charge >= 0.3 is 18.2 Å². The van der Waals surface area contributed by atoms with Crippen molar-refractivity contribution in [3.8, 4) is 22.3 Å². The molecule has 7 amide bonds. The third-order valence-corrected chi connectivity index (χ3v) is 27.0. The topological polar surface area (TPSA) is 355 Å². The third-order valence-electron chi connectivity index (χ3n) is 23.3. The average molecular weight is 1570 g/mol. The van der Waals surface area contributed by atoms with E-state index in [2.05, 4.69) is 91.9 Å². The SMILES string of the molecule is C=C[C@@H]1C[C@]1(N)C(=O)NS(=O)(=O)C1CC1.C=C[C@@H]1C[C@]1(NC(=O)[C@@H]1C[C@]2(OC)CN1C(=O)[C@H](C(C)(C)C)NC(=O)OCC(C)(C)CCCCc1ccccc1-c1ccc2cc1)C(=O)NS(=O)(=O)C1CC1.CO[C@@]12C[C@@H](C(=O)O)N(C1)C(=O)[C@H](C(C)(C)C)NC(=O)OCC(C)(C)CCCCc1ccccc1-c1ccc2cc1. The van der Waals surface area contributed by atoms with E-state index >= 15 is 0 Å². The number of alkyl carbamates (subject to hydrolysis) is 2. The zero-order chi connectivity index (χ0) is 81.2. The van der Waals surface area contributed by atoms with Crippen LogP contribution in [0.2, 0.25) is 0 Å². The number of nitrogens with zero attached hydrogens (tertiary/aromatic N) is 2. The van der Waals surface area contributed by atoms with Crippen molar-refractivity contribution in [3.63, 3.8) is 0 Å². The molecule has 0 radical (unpaired) electrons. The molecule has 4 aromatic rings. The van der Waals surface area contributed by atoms with Crippen molar-refractivity contribution in [1.29, 1.82) is 0 Å². The Morgan fingerprint density at radius 2 is 0.964 bits per heavy atom. The first kappa shape index (κ1) is 84.9. The lowest BCUT2D eigenvalue weighted by Gasteiger charge is -2.36. The highest BCUT2D eigenvalue weighted by Gasteiger charge is 2.63. The number of amides is 7. The number of methoxy groups -OCH3 is 2. The number of rotatable bonds is 13. The molecule has 6 fully saturated rings. The summed E-state index contributed by atoms with van der Waals surface area (Å²) in [6.45, 7) is 26.9. The lowest BCUT2D eigenvalue weighted by atomic mass is 9.85. The van der Waals surface area contributed by atoms with Crippen molar-refractivity contribution in [3.05, 3.63) is 145 Å². The Kier molecular flexibility index (Phi) is 25.2. The van der Waals surface area contributed by atoms with Crippen LogP contribution in [0.15, 0.2) is 122 Å². The fraction of sp³-hybridized carbons (Fsp3) is 0.571. The summed E-state index contributed by atoms with van der Waals surface area (Å²) in [7, 11) is -4.29. The summed E-state index contributed by atoms with van der Waals surface area (Å²) < 4.78 is 76.3. The van der Waals surface area contributed by atoms with E-state index in [1.54, 1.807) is 13.2 Å². The van der Waals surface area contributed by atoms with Crippen LogP contribution < -0.4 is 31.1 Å². The molecule has 8 bridgehead atoms. The number of hydrogen-bond donors (Lipinski definition) is 7. The number of aliphatic carboxylic acids is 1. The molecule has 4 saturated carbocycles. The van der Waals surface area contributed by atoms with Gasteiger partial charge in [0, 0.05) is 38.9 Å². The van der Waals surface area contributed by atoms with Crippen LogP contribution in [0.3, 0.4) is 0 Å². The summed E-state index contributed by atoms with van der Waals surface area (Å²) in [5, 5.41) is 17.6. The molecule has 6 aliphatic heterocycles. The Bertz CT molecular complexity index is 4410. The molecule has 2 saturated heterocycles. The van der Waals surface area contributed by atoms with Crippen LogP contribution in [0, 0.1) is 33.5 Å². The molecule has 0 unspecified atom stereocenters. The number of nitrogens with two attached hydrogens (primary N) is 1. The van der Waals surface area contributed by atoms with Gasteiger partial charge in [0.2, 0.25) is 37.8 Å². The van der Waals surface area contributed by atoms with Gasteiger partial charge in [-0.3, -0.25) is 33.4 Å². The Morgan fingerprint density at radius 1 is 0.568 bits per heavy atom. The van der Waals surface area contributed by atoms with Gasteiger partial charge in [0.05, 0.1) is 36.8 Å². The third kappa shape index (κ3) is 19.6. The molecule has 27 heteroatoms. The molecular weight excluding hydrogens is 1460 g/mol. The fourth-order valence-corrected chi connectivity index (χ4v) is 18.3. The van der Waals surface area contributed by atoms with E-state index in [4.69, 9.17) is 24.7 Å². The lowest BCUT2D eigenvalue weighted by molar-refractivity contribution is -0.150. The Morgan fingerprint density at radius 3 is 1.33 bits per heavy atom. The molecule has 25 nitrogen and oxygen atoms in total. The summed E-state index contributed by atoms with van der Waals surface area (Å²) >= 11 is 0. The van der Waals surface area contributed by atoms with Crippen LogP contribution in [-0.4, -0.2) is 166 Å². The molecule has 14 rings (SSSR count). The van der Waals surface area contributed by atoms with Gasteiger partial charge in [-0.1, -0.05) is 191 Å². The highest BCUT2D eigenvalue weighted by Crippen LogP contribution is 2.49. The number of carbonyl (C=O) groups excluding carboxylic acids is 7. The van der Waals surface area contributed by atoms with Crippen LogP contribution in [0.4, 0.5) is 9.59 Å². The van der Waals surface area contributed by atoms with Gasteiger partial charge in [0.1, 0.15) is 46.4 Å². The number of ether oxygens (including phenoxy) is 4. The minimum Gasteiger partial charge on any atom is -0.480 e. The number of carboxylic acids is 1. The second-order valence-electron chi connectivity index (χ2n) is 35.3. The number of nitrogens with one attached hydrogen (secondary N) is 5. The second kappa shape index (κ2) is 32.9. The van der Waals surface area contributed by atoms with E-state index in [9.17, 15) is 60.3 Å². The lowest BCUT2D eigenvalue weighted by Crippen LogP contribution is -2.60. The molecule has 10 aliphatic rings. The second-order valence-corrected chi connectivity index (χ2v) is 39.2. The monoisotopic (exact) mass is 1570 g/mol. The maximum absolute atomic E-state index is 14.8. The van der Waals surface area contributed by atoms with Gasteiger partial charge in [-0.15, -0.1) is 13.2 Å². The number of carboxylic acid groups (broad SMARTS) is 1. The molecule has 8 N–H and O–H groups in total. The van der Waals surface area contributed by atoms with Crippen molar-refractivity contribution in [2.24, 2.45) is 39.2 Å². The van der Waals surface area contributed by atoms with Gasteiger partial charge in [-0.05, 0) is 143 Å². The smallest absolute Gasteiger partial charge is 0.407 e. The van der Waals surface area contributed by atoms with Crippen LogP contribution in [0.5, 0.6) is 0 Å². The summed E-state index contributed by atoms with van der Waals surface area (Å²) in [5.74, 6) is -4.79. The first-order valence-corrected chi connectivity index (χ1v) is 41.8. The molecule has 111 heavy (non-hydrogen) atoms. The van der Waals surface area contributed by atoms with Crippen LogP contribution >= 0.6 is 0 Å². The maximum Gasteiger partial charge on any atom is 0.407 e. The first-order valence-electron chi connectivity index (χ1n) is 38.7. The summed E-state index contributed by atoms with van der Waals surface area (Å²) in [5.41, 5.74) is 7.36. The number of aryl methyl sites for hydroxylation is 2. The normalized spacial score (nSPS) is 28.3. The van der Waals surface area contributed by atoms with Gasteiger partial charge < -0.3 is 55.5 Å². The predicted octanol–water partition coefficient (Wildman–Crippen LogP) is 10.6. The van der Waals surface area contributed by atoms with Crippen molar-refractivity contribution in [1.82, 2.24) is 35.2 Å². The first-order chi connectivity index (χ1) is 52.0. The minimum atomic E-state index is -3.90. The average Bonchev–Trinajstić information content (AvgIpc) is 1.57. The summed E-state index contributed by atoms with van der Waals surface area (Å²) in [6.07, 6.45) is 12.1. The van der Waals surface area contributed by atoms with E-state index in [1.807, 2.05) is 113 Å². The van der Waals surface area contributed by atoms with Gasteiger partial charge in [-0.25, -0.2) is 31.2 Å². The molecular formula is C84H114N8O17S2. The van der Waals surface area contributed by atoms with E-state index in [-0.39, 0.29) is 62.3 Å². The fourth-order valence-electron chi connectivity index (χ4n) is 15.6. The molecule has 4 aliphatic carbocycles. The van der Waals surface area contributed by atoms with Crippen LogP contribution in [0.25, 0.3) is 22.3 Å². The van der Waals surface area contributed by atoms with Gasteiger partial charge in [0.25, 0.3) is 11.8 Å². The van der Waals surface area contributed by atoms with Crippen molar-refractivity contribution < 1.29 is 79.2 Å². The number of fused-ring (bicyclic) bond motifs is 24. The van der Waals surface area contributed by atoms with Crippen molar-refractivity contribution in [2.45, 2.75) is 229 Å². The molecule has 0 spiro atoms. The van der Waals surface area contributed by atoms with Gasteiger partial charge in [0.15, 0.2) is 0 Å². The number of carbonyl (C=O) groups is 8. The van der Waals surface area contributed by atoms with Crippen LogP contribution in [-0.2, 0) is 91.8 Å². The van der Waals surface area contributed by atoms with Crippen molar-refractivity contribution in [2.75, 3.05) is 40.5 Å². The van der Waals surface area contributed by atoms with E-state index < -0.39 is 141 Å². The van der Waals surface area contributed by atoms with Crippen LogP contribution in [0.1, 0.15) is 181 Å². The van der Waals surface area contributed by atoms with E-state index in [0.717, 1.165) is 79.2 Å². The minimum absolute atomic E-state index is 0.0311.